The first-order chi connectivity index (χ1) is 8.50. The van der Waals surface area contributed by atoms with Crippen LogP contribution in [0.1, 0.15) is 31.4 Å². The molecule has 2 aliphatic rings. The topological polar surface area (TPSA) is 29.0 Å². The van der Waals surface area contributed by atoms with E-state index in [0.717, 1.165) is 19.0 Å². The van der Waals surface area contributed by atoms with Gasteiger partial charge in [0, 0.05) is 30.9 Å². The van der Waals surface area contributed by atoms with E-state index in [1.165, 1.54) is 19.0 Å². The second kappa shape index (κ2) is 3.83. The van der Waals surface area contributed by atoms with Gasteiger partial charge >= 0.3 is 6.18 Å². The molecule has 98 valence electrons. The van der Waals surface area contributed by atoms with Gasteiger partial charge in [0.2, 0.25) is 0 Å². The minimum atomic E-state index is -4.43. The summed E-state index contributed by atoms with van der Waals surface area (Å²) < 4.78 is 38.4. The van der Waals surface area contributed by atoms with Crippen molar-refractivity contribution in [3.05, 3.63) is 18.1 Å². The van der Waals surface area contributed by atoms with Crippen LogP contribution in [0, 0.1) is 5.41 Å². The molecule has 0 N–H and O–H groups in total. The molecular weight excluding hydrogens is 243 g/mol. The maximum absolute atomic E-state index is 12.8. The molecule has 1 aromatic heterocycles. The van der Waals surface area contributed by atoms with Crippen molar-refractivity contribution in [1.29, 1.82) is 0 Å². The minimum Gasteiger partial charge on any atom is -0.354 e. The Hall–Kier alpha value is -1.33. The first-order valence-electron chi connectivity index (χ1n) is 6.13. The lowest BCUT2D eigenvalue weighted by atomic mass is 9.78. The summed E-state index contributed by atoms with van der Waals surface area (Å²) in [5, 5.41) is 0. The lowest BCUT2D eigenvalue weighted by Crippen LogP contribution is -2.55. The molecule has 0 bridgehead atoms. The van der Waals surface area contributed by atoms with Gasteiger partial charge in [0.1, 0.15) is 0 Å². The molecule has 1 aromatic rings. The summed E-state index contributed by atoms with van der Waals surface area (Å²) in [6, 6.07) is 0. The highest BCUT2D eigenvalue weighted by Crippen LogP contribution is 2.48. The second-order valence-electron chi connectivity index (χ2n) is 5.29. The molecule has 0 radical (unpaired) electrons. The molecule has 3 nitrogen and oxygen atoms in total. The van der Waals surface area contributed by atoms with E-state index < -0.39 is 11.9 Å². The van der Waals surface area contributed by atoms with Gasteiger partial charge in [-0.3, -0.25) is 0 Å². The summed E-state index contributed by atoms with van der Waals surface area (Å²) >= 11 is 0. The second-order valence-corrected chi connectivity index (χ2v) is 5.29. The van der Waals surface area contributed by atoms with Crippen LogP contribution in [-0.4, -0.2) is 23.1 Å². The highest BCUT2D eigenvalue weighted by molar-refractivity contribution is 5.48. The normalized spacial score (nSPS) is 22.3. The summed E-state index contributed by atoms with van der Waals surface area (Å²) in [5.41, 5.74) is -0.613. The van der Waals surface area contributed by atoms with Gasteiger partial charge < -0.3 is 4.90 Å². The van der Waals surface area contributed by atoms with Crippen molar-refractivity contribution in [3.8, 4) is 0 Å². The molecule has 1 spiro atoms. The fourth-order valence-corrected chi connectivity index (χ4v) is 3.12. The molecule has 3 rings (SSSR count). The number of halogens is 3. The first-order valence-corrected chi connectivity index (χ1v) is 6.13. The summed E-state index contributed by atoms with van der Waals surface area (Å²) in [7, 11) is 0. The molecule has 1 aliphatic heterocycles. The predicted molar refractivity (Wildman–Crippen MR) is 60.1 cm³/mol. The van der Waals surface area contributed by atoms with E-state index in [4.69, 9.17) is 0 Å². The first kappa shape index (κ1) is 11.7. The predicted octanol–water partition coefficient (Wildman–Crippen LogP) is 2.88. The molecule has 18 heavy (non-hydrogen) atoms. The molecule has 2 fully saturated rings. The smallest absolute Gasteiger partial charge is 0.354 e. The lowest BCUT2D eigenvalue weighted by Gasteiger charge is -2.49. The van der Waals surface area contributed by atoms with Crippen molar-refractivity contribution >= 4 is 5.82 Å². The van der Waals surface area contributed by atoms with Gasteiger partial charge in [-0.1, -0.05) is 12.8 Å². The van der Waals surface area contributed by atoms with Gasteiger partial charge in [0.15, 0.2) is 11.5 Å². The maximum Gasteiger partial charge on any atom is 0.437 e. The van der Waals surface area contributed by atoms with Crippen molar-refractivity contribution in [2.24, 2.45) is 5.41 Å². The van der Waals surface area contributed by atoms with Crippen LogP contribution in [0.25, 0.3) is 0 Å². The Bertz CT molecular complexity index is 444. The van der Waals surface area contributed by atoms with Crippen molar-refractivity contribution in [1.82, 2.24) is 9.97 Å². The van der Waals surface area contributed by atoms with E-state index in [0.29, 0.717) is 13.1 Å². The standard InChI is InChI=1S/C12H14F3N3/c13-12(14,15)9-10(17-6-5-16-9)18-7-11(8-18)3-1-2-4-11/h5-6H,1-4,7-8H2. The van der Waals surface area contributed by atoms with Crippen LogP contribution in [0.4, 0.5) is 19.0 Å². The Morgan fingerprint density at radius 1 is 1.06 bits per heavy atom. The zero-order chi connectivity index (χ0) is 12.8. The summed E-state index contributed by atoms with van der Waals surface area (Å²) in [6.07, 6.45) is 2.64. The quantitative estimate of drug-likeness (QED) is 0.774. The van der Waals surface area contributed by atoms with E-state index >= 15 is 0 Å². The fraction of sp³-hybridized carbons (Fsp3) is 0.667. The molecule has 1 saturated carbocycles. The van der Waals surface area contributed by atoms with Crippen LogP contribution in [0.5, 0.6) is 0 Å². The largest absolute Gasteiger partial charge is 0.437 e. The average Bonchev–Trinajstić information content (AvgIpc) is 2.75. The van der Waals surface area contributed by atoms with Gasteiger partial charge in [-0.05, 0) is 12.8 Å². The SMILES string of the molecule is FC(F)(F)c1nccnc1N1CC2(CCCC2)C1. The van der Waals surface area contributed by atoms with Crippen molar-refractivity contribution in [3.63, 3.8) is 0 Å². The Morgan fingerprint density at radius 3 is 2.28 bits per heavy atom. The van der Waals surface area contributed by atoms with E-state index in [2.05, 4.69) is 9.97 Å². The Labute approximate surface area is 103 Å². The third kappa shape index (κ3) is 1.83. The van der Waals surface area contributed by atoms with Crippen LogP contribution in [-0.2, 0) is 6.18 Å². The number of hydrogen-bond acceptors (Lipinski definition) is 3. The van der Waals surface area contributed by atoms with Gasteiger partial charge in [0.05, 0.1) is 0 Å². The van der Waals surface area contributed by atoms with Crippen LogP contribution in [0.15, 0.2) is 12.4 Å². The van der Waals surface area contributed by atoms with Gasteiger partial charge in [0.25, 0.3) is 0 Å². The fourth-order valence-electron chi connectivity index (χ4n) is 3.12. The van der Waals surface area contributed by atoms with Gasteiger partial charge in [-0.2, -0.15) is 13.2 Å². The molecule has 0 unspecified atom stereocenters. The lowest BCUT2D eigenvalue weighted by molar-refractivity contribution is -0.141. The average molecular weight is 257 g/mol. The Kier molecular flexibility index (Phi) is 2.50. The number of nitrogens with zero attached hydrogens (tertiary/aromatic N) is 3. The van der Waals surface area contributed by atoms with Crippen molar-refractivity contribution < 1.29 is 13.2 Å². The van der Waals surface area contributed by atoms with E-state index in [1.54, 1.807) is 4.90 Å². The minimum absolute atomic E-state index is 0.0116. The third-order valence-electron chi connectivity index (χ3n) is 3.96. The van der Waals surface area contributed by atoms with Crippen LogP contribution in [0.3, 0.4) is 0 Å². The number of alkyl halides is 3. The number of hydrogen-bond donors (Lipinski definition) is 0. The molecular formula is C12H14F3N3. The zero-order valence-electron chi connectivity index (χ0n) is 9.87. The highest BCUT2D eigenvalue weighted by Gasteiger charge is 2.48. The Balaban J connectivity index is 1.82. The van der Waals surface area contributed by atoms with E-state index in [-0.39, 0.29) is 11.2 Å². The van der Waals surface area contributed by atoms with Gasteiger partial charge in [-0.15, -0.1) is 0 Å². The van der Waals surface area contributed by atoms with Crippen molar-refractivity contribution in [2.75, 3.05) is 18.0 Å². The highest BCUT2D eigenvalue weighted by atomic mass is 19.4. The third-order valence-corrected chi connectivity index (χ3v) is 3.96. The summed E-state index contributed by atoms with van der Waals surface area (Å²) in [6.45, 7) is 1.38. The van der Waals surface area contributed by atoms with Crippen LogP contribution < -0.4 is 4.90 Å². The van der Waals surface area contributed by atoms with E-state index in [1.807, 2.05) is 0 Å². The molecule has 1 aliphatic carbocycles. The van der Waals surface area contributed by atoms with Gasteiger partial charge in [-0.25, -0.2) is 9.97 Å². The van der Waals surface area contributed by atoms with E-state index in [9.17, 15) is 13.2 Å². The molecule has 6 heteroatoms. The zero-order valence-corrected chi connectivity index (χ0v) is 9.87. The maximum atomic E-state index is 12.8. The monoisotopic (exact) mass is 257 g/mol. The number of rotatable bonds is 1. The molecule has 0 atom stereocenters. The van der Waals surface area contributed by atoms with Crippen LogP contribution >= 0.6 is 0 Å². The van der Waals surface area contributed by atoms with Crippen molar-refractivity contribution in [2.45, 2.75) is 31.9 Å². The van der Waals surface area contributed by atoms with Crippen LogP contribution in [0.2, 0.25) is 0 Å². The number of aromatic nitrogens is 2. The summed E-state index contributed by atoms with van der Waals surface area (Å²) in [5.74, 6) is -0.0116. The molecule has 2 heterocycles. The molecule has 0 aromatic carbocycles. The molecule has 0 amide bonds. The summed E-state index contributed by atoms with van der Waals surface area (Å²) in [4.78, 5) is 9.01. The Morgan fingerprint density at radius 2 is 1.67 bits per heavy atom. The number of anilines is 1. The molecule has 1 saturated heterocycles.